The van der Waals surface area contributed by atoms with Gasteiger partial charge in [0.2, 0.25) is 0 Å². The Morgan fingerprint density at radius 3 is 1.80 bits per heavy atom. The lowest BCUT2D eigenvalue weighted by Gasteiger charge is -1.85. The van der Waals surface area contributed by atoms with Crippen molar-refractivity contribution in [2.75, 3.05) is 0 Å². The number of rotatable bonds is 1. The summed E-state index contributed by atoms with van der Waals surface area (Å²) in [6, 6.07) is 0. The second-order valence-corrected chi connectivity index (χ2v) is 1.29. The van der Waals surface area contributed by atoms with Gasteiger partial charge in [-0.15, -0.1) is 0 Å². The molecule has 1 N–H and O–H groups in total. The minimum Gasteiger partial charge on any atom is -0.289 e. The molecule has 0 radical (unpaired) electrons. The Bertz CT molecular complexity index is 34.6. The van der Waals surface area contributed by atoms with Gasteiger partial charge < -0.3 is 0 Å². The third-order valence-electron chi connectivity index (χ3n) is 0.0976. The minimum absolute atomic E-state index is 0.611. The topological polar surface area (TPSA) is 27.1 Å². The Hall–Kier alpha value is 0.0500. The van der Waals surface area contributed by atoms with Crippen LogP contribution in [0.1, 0.15) is 0 Å². The predicted octanol–water partition coefficient (Wildman–Crippen LogP) is 1.20. The van der Waals surface area contributed by atoms with E-state index in [9.17, 15) is 0 Å². The highest BCUT2D eigenvalue weighted by Crippen LogP contribution is 1.89. The molecule has 0 aromatic rings. The summed E-state index contributed by atoms with van der Waals surface area (Å²) in [5.74, 6) is 0. The minimum atomic E-state index is 0.611. The molecule has 2 nitrogen and oxygen atoms in total. The first-order valence-corrected chi connectivity index (χ1v) is 1.56. The van der Waals surface area contributed by atoms with Crippen LogP contribution < -0.4 is 0 Å². The molecule has 0 heterocycles. The summed E-state index contributed by atoms with van der Waals surface area (Å²) in [6.45, 7) is 0. The van der Waals surface area contributed by atoms with Gasteiger partial charge in [0, 0.05) is 23.6 Å². The average Bonchev–Trinajstić information content (AvgIpc) is 1.38. The number of hydrogen-bond donors (Lipinski definition) is 1. The van der Waals surface area contributed by atoms with Gasteiger partial charge in [-0.3, -0.25) is 5.41 Å². The summed E-state index contributed by atoms with van der Waals surface area (Å²) in [7, 11) is 0. The van der Waals surface area contributed by atoms with Crippen LogP contribution in [0, 0.1) is 5.41 Å². The van der Waals surface area contributed by atoms with Crippen molar-refractivity contribution in [1.29, 1.82) is 5.41 Å². The Balaban J connectivity index is 2.83. The van der Waals surface area contributed by atoms with E-state index in [1.807, 2.05) is 0 Å². The number of halogens is 2. The van der Waals surface area contributed by atoms with Gasteiger partial charge in [0.1, 0.15) is 6.34 Å². The molecule has 0 fully saturated rings. The fourth-order valence-electron chi connectivity index (χ4n) is 0. The zero-order valence-electron chi connectivity index (χ0n) is 2.28. The fourth-order valence-corrected chi connectivity index (χ4v) is 0. The zero-order chi connectivity index (χ0) is 4.28. The monoisotopic (exact) mass is 112 g/mol. The van der Waals surface area contributed by atoms with Crippen LogP contribution in [-0.2, 0) is 0 Å². The summed E-state index contributed by atoms with van der Waals surface area (Å²) in [4.78, 5) is 0. The number of nitrogens with zero attached hydrogens (tertiary/aromatic N) is 1. The van der Waals surface area contributed by atoms with Crippen LogP contribution in [0.2, 0.25) is 0 Å². The quantitative estimate of drug-likeness (QED) is 0.308. The molecule has 0 saturated heterocycles. The first-order chi connectivity index (χ1) is 2.27. The van der Waals surface area contributed by atoms with E-state index in [0.717, 1.165) is 6.34 Å². The van der Waals surface area contributed by atoms with Crippen molar-refractivity contribution in [3.8, 4) is 0 Å². The maximum Gasteiger partial charge on any atom is 0.114 e. The van der Waals surface area contributed by atoms with Gasteiger partial charge in [0.25, 0.3) is 0 Å². The van der Waals surface area contributed by atoms with Gasteiger partial charge >= 0.3 is 0 Å². The van der Waals surface area contributed by atoms with E-state index in [1.54, 1.807) is 0 Å². The molecular weight excluding hydrogens is 111 g/mol. The van der Waals surface area contributed by atoms with Gasteiger partial charge in [-0.2, -0.15) is 3.94 Å². The third-order valence-corrected chi connectivity index (χ3v) is 0.293. The molecular formula is CH2Cl2N2. The number of hydrogen-bond acceptors (Lipinski definition) is 1. The van der Waals surface area contributed by atoms with E-state index < -0.39 is 0 Å². The molecule has 0 atom stereocenters. The summed E-state index contributed by atoms with van der Waals surface area (Å²) < 4.78 is 0.611. The average molecular weight is 113 g/mol. The maximum absolute atomic E-state index is 6.19. The van der Waals surface area contributed by atoms with E-state index >= 15 is 0 Å². The molecule has 30 valence electrons. The van der Waals surface area contributed by atoms with Crippen molar-refractivity contribution < 1.29 is 0 Å². The first kappa shape index (κ1) is 5.05. The van der Waals surface area contributed by atoms with Gasteiger partial charge in [-0.05, 0) is 0 Å². The molecule has 0 aliphatic rings. The summed E-state index contributed by atoms with van der Waals surface area (Å²) in [6.07, 6.45) is 0.781. The Kier molecular flexibility index (Phi) is 2.32. The summed E-state index contributed by atoms with van der Waals surface area (Å²) >= 11 is 9.64. The normalized spacial score (nSPS) is 6.80. The Labute approximate surface area is 40.0 Å². The second kappa shape index (κ2) is 2.30. The summed E-state index contributed by atoms with van der Waals surface area (Å²) in [5, 5.41) is 6.19. The lowest BCUT2D eigenvalue weighted by Crippen LogP contribution is -1.86. The molecule has 0 aliphatic heterocycles. The molecule has 5 heavy (non-hydrogen) atoms. The second-order valence-electron chi connectivity index (χ2n) is 0.388. The van der Waals surface area contributed by atoms with Crippen LogP contribution in [0.15, 0.2) is 0 Å². The van der Waals surface area contributed by atoms with Crippen LogP contribution in [-0.4, -0.2) is 10.3 Å². The predicted molar refractivity (Wildman–Crippen MR) is 22.3 cm³/mol. The third kappa shape index (κ3) is 4.05. The Morgan fingerprint density at radius 2 is 1.80 bits per heavy atom. The van der Waals surface area contributed by atoms with Gasteiger partial charge in [-0.1, -0.05) is 0 Å². The lowest BCUT2D eigenvalue weighted by molar-refractivity contribution is 1.10. The van der Waals surface area contributed by atoms with E-state index in [-0.39, 0.29) is 0 Å². The van der Waals surface area contributed by atoms with Gasteiger partial charge in [0.15, 0.2) is 0 Å². The largest absolute Gasteiger partial charge is 0.289 e. The standard InChI is InChI=1S/CH2Cl2N2/c2-5(3)1-4/h1,4H. The smallest absolute Gasteiger partial charge is 0.114 e. The number of nitrogens with one attached hydrogen (secondary N) is 1. The van der Waals surface area contributed by atoms with Gasteiger partial charge in [-0.25, -0.2) is 0 Å². The molecule has 0 amide bonds. The van der Waals surface area contributed by atoms with Crippen LogP contribution in [0.5, 0.6) is 0 Å². The van der Waals surface area contributed by atoms with E-state index in [0.29, 0.717) is 3.94 Å². The van der Waals surface area contributed by atoms with E-state index in [4.69, 9.17) is 29.0 Å². The molecule has 0 aromatic heterocycles. The molecule has 0 rings (SSSR count). The molecule has 0 bridgehead atoms. The molecule has 4 heteroatoms. The van der Waals surface area contributed by atoms with Crippen LogP contribution in [0.4, 0.5) is 0 Å². The van der Waals surface area contributed by atoms with E-state index in [1.165, 1.54) is 0 Å². The highest BCUT2D eigenvalue weighted by atomic mass is 35.5. The van der Waals surface area contributed by atoms with Crippen LogP contribution in [0.25, 0.3) is 0 Å². The Morgan fingerprint density at radius 1 is 1.60 bits per heavy atom. The van der Waals surface area contributed by atoms with Crippen molar-refractivity contribution in [2.24, 2.45) is 0 Å². The zero-order valence-corrected chi connectivity index (χ0v) is 3.79. The fraction of sp³-hybridized carbons (Fsp3) is 0. The van der Waals surface area contributed by atoms with Crippen LogP contribution >= 0.6 is 23.6 Å². The van der Waals surface area contributed by atoms with Crippen molar-refractivity contribution >= 4 is 29.9 Å². The van der Waals surface area contributed by atoms with Crippen molar-refractivity contribution in [2.45, 2.75) is 0 Å². The molecule has 0 spiro atoms. The maximum atomic E-state index is 6.19. The summed E-state index contributed by atoms with van der Waals surface area (Å²) in [5.41, 5.74) is 0. The van der Waals surface area contributed by atoms with Crippen LogP contribution in [0.3, 0.4) is 0 Å². The highest BCUT2D eigenvalue weighted by molar-refractivity contribution is 6.39. The van der Waals surface area contributed by atoms with E-state index in [2.05, 4.69) is 0 Å². The van der Waals surface area contributed by atoms with Gasteiger partial charge in [0.05, 0.1) is 0 Å². The molecule has 0 saturated carbocycles. The molecule has 0 unspecified atom stereocenters. The first-order valence-electron chi connectivity index (χ1n) is 0.885. The molecule has 0 aliphatic carbocycles. The molecule has 0 aromatic carbocycles. The lowest BCUT2D eigenvalue weighted by atomic mass is 11.4. The van der Waals surface area contributed by atoms with Crippen molar-refractivity contribution in [1.82, 2.24) is 3.94 Å². The van der Waals surface area contributed by atoms with Crippen molar-refractivity contribution in [3.63, 3.8) is 0 Å². The highest BCUT2D eigenvalue weighted by Gasteiger charge is 1.73. The van der Waals surface area contributed by atoms with Crippen molar-refractivity contribution in [3.05, 3.63) is 0 Å². The SMILES string of the molecule is N=CN(Cl)Cl.